The Hall–Kier alpha value is -1.13. The highest BCUT2D eigenvalue weighted by Gasteiger charge is 2.40. The van der Waals surface area contributed by atoms with Crippen LogP contribution in [0.4, 0.5) is 0 Å². The first-order chi connectivity index (χ1) is 6.04. The van der Waals surface area contributed by atoms with E-state index in [1.165, 1.54) is 14.0 Å². The zero-order valence-corrected chi connectivity index (χ0v) is 7.95. The molecule has 0 aromatic carbocycles. The van der Waals surface area contributed by atoms with Crippen LogP contribution in [0.3, 0.4) is 0 Å². The van der Waals surface area contributed by atoms with Crippen LogP contribution in [0.25, 0.3) is 0 Å². The summed E-state index contributed by atoms with van der Waals surface area (Å²) < 4.78 is 5.06. The van der Waals surface area contributed by atoms with Crippen molar-refractivity contribution in [2.45, 2.75) is 38.3 Å². The molecule has 0 radical (unpaired) electrons. The van der Waals surface area contributed by atoms with Gasteiger partial charge in [-0.3, -0.25) is 4.79 Å². The van der Waals surface area contributed by atoms with E-state index in [2.05, 4.69) is 5.11 Å². The summed E-state index contributed by atoms with van der Waals surface area (Å²) in [4.78, 5) is 11.3. The van der Waals surface area contributed by atoms with Gasteiger partial charge < -0.3 is 9.94 Å². The zero-order valence-electron chi connectivity index (χ0n) is 7.95. The molecule has 5 nitrogen and oxygen atoms in total. The van der Waals surface area contributed by atoms with Crippen molar-refractivity contribution in [1.82, 2.24) is 0 Å². The van der Waals surface area contributed by atoms with E-state index < -0.39 is 5.72 Å². The molecule has 1 aliphatic rings. The largest absolute Gasteiger partial charge is 0.600 e. The van der Waals surface area contributed by atoms with Crippen LogP contribution in [0.2, 0.25) is 0 Å². The van der Waals surface area contributed by atoms with Gasteiger partial charge in [0.05, 0.1) is 0 Å². The second-order valence-electron chi connectivity index (χ2n) is 3.31. The standard InChI is InChI=1S/C8H14N2O3/c1-7(11)13-8(9-10(2)12)5-3-4-6-8/h3-6H2,1-2H3. The molecule has 1 aliphatic carbocycles. The second-order valence-corrected chi connectivity index (χ2v) is 3.31. The molecule has 0 spiro atoms. The van der Waals surface area contributed by atoms with Crippen molar-refractivity contribution in [3.05, 3.63) is 5.21 Å². The van der Waals surface area contributed by atoms with Gasteiger partial charge >= 0.3 is 5.97 Å². The molecule has 0 saturated heterocycles. The molecule has 1 fully saturated rings. The first kappa shape index (κ1) is 9.95. The lowest BCUT2D eigenvalue weighted by Crippen LogP contribution is -2.30. The number of carbonyl (C=O) groups is 1. The minimum absolute atomic E-state index is 0.382. The van der Waals surface area contributed by atoms with E-state index in [9.17, 15) is 10.0 Å². The lowest BCUT2D eigenvalue weighted by molar-refractivity contribution is -0.513. The van der Waals surface area contributed by atoms with Crippen LogP contribution in [0.5, 0.6) is 0 Å². The smallest absolute Gasteiger partial charge is 0.305 e. The van der Waals surface area contributed by atoms with Crippen molar-refractivity contribution < 1.29 is 14.4 Å². The fraction of sp³-hybridized carbons (Fsp3) is 0.875. The normalized spacial score (nSPS) is 21.5. The van der Waals surface area contributed by atoms with Crippen LogP contribution in [-0.4, -0.2) is 23.6 Å². The minimum atomic E-state index is -0.873. The summed E-state index contributed by atoms with van der Waals surface area (Å²) in [6, 6.07) is 0. The Kier molecular flexibility index (Phi) is 2.85. The number of azo groups is 1. The molecule has 0 aromatic rings. The van der Waals surface area contributed by atoms with Crippen molar-refractivity contribution in [1.29, 1.82) is 0 Å². The van der Waals surface area contributed by atoms with E-state index in [1.54, 1.807) is 0 Å². The van der Waals surface area contributed by atoms with Gasteiger partial charge in [0.2, 0.25) is 0 Å². The highest BCUT2D eigenvalue weighted by Crippen LogP contribution is 2.34. The Morgan fingerprint density at radius 2 is 2.08 bits per heavy atom. The van der Waals surface area contributed by atoms with E-state index in [4.69, 9.17) is 4.74 Å². The van der Waals surface area contributed by atoms with Gasteiger partial charge in [-0.15, -0.1) is 0 Å². The van der Waals surface area contributed by atoms with E-state index >= 15 is 0 Å². The van der Waals surface area contributed by atoms with Crippen LogP contribution in [0.15, 0.2) is 5.11 Å². The Labute approximate surface area is 77.0 Å². The fourth-order valence-corrected chi connectivity index (χ4v) is 1.67. The van der Waals surface area contributed by atoms with Crippen LogP contribution >= 0.6 is 0 Å². The molecule has 74 valence electrons. The van der Waals surface area contributed by atoms with Gasteiger partial charge in [0.15, 0.2) is 7.05 Å². The van der Waals surface area contributed by atoms with Crippen molar-refractivity contribution in [3.8, 4) is 0 Å². The van der Waals surface area contributed by atoms with Crippen molar-refractivity contribution in [2.24, 2.45) is 5.11 Å². The van der Waals surface area contributed by atoms with Gasteiger partial charge in [0.25, 0.3) is 5.72 Å². The maximum atomic E-state index is 10.8. The number of carbonyl (C=O) groups excluding carboxylic acids is 1. The number of hydroxylamine groups is 1. The number of ether oxygens (including phenoxy) is 1. The predicted octanol–water partition coefficient (Wildman–Crippen LogP) is 1.41. The molecular formula is C8H14N2O3. The van der Waals surface area contributed by atoms with Gasteiger partial charge in [-0.1, -0.05) is 4.86 Å². The molecule has 1 rings (SSSR count). The maximum Gasteiger partial charge on any atom is 0.305 e. The third kappa shape index (κ3) is 2.68. The molecule has 0 aromatic heterocycles. The molecular weight excluding hydrogens is 172 g/mol. The molecule has 0 atom stereocenters. The fourth-order valence-electron chi connectivity index (χ4n) is 1.67. The van der Waals surface area contributed by atoms with Crippen LogP contribution in [0, 0.1) is 5.21 Å². The first-order valence-electron chi connectivity index (χ1n) is 4.37. The lowest BCUT2D eigenvalue weighted by atomic mass is 10.2. The average molecular weight is 186 g/mol. The summed E-state index contributed by atoms with van der Waals surface area (Å²) >= 11 is 0. The Morgan fingerprint density at radius 1 is 1.54 bits per heavy atom. The molecule has 0 N–H and O–H groups in total. The van der Waals surface area contributed by atoms with Gasteiger partial charge in [-0.25, -0.2) is 0 Å². The number of rotatable bonds is 2. The quantitative estimate of drug-likeness (QED) is 0.283. The number of hydrogen-bond donors (Lipinski definition) is 0. The molecule has 0 unspecified atom stereocenters. The van der Waals surface area contributed by atoms with Crippen LogP contribution in [0.1, 0.15) is 32.6 Å². The topological polar surface area (TPSA) is 64.7 Å². The lowest BCUT2D eigenvalue weighted by Gasteiger charge is -2.19. The highest BCUT2D eigenvalue weighted by atomic mass is 16.6. The van der Waals surface area contributed by atoms with Crippen molar-refractivity contribution in [2.75, 3.05) is 7.05 Å². The SMILES string of the molecule is CC(=O)OC1(N=[N+](C)[O-])CCCC1. The van der Waals surface area contributed by atoms with Gasteiger partial charge in [-0.2, -0.15) is 0 Å². The van der Waals surface area contributed by atoms with E-state index in [1.807, 2.05) is 0 Å². The summed E-state index contributed by atoms with van der Waals surface area (Å²) in [5.41, 5.74) is -0.873. The minimum Gasteiger partial charge on any atom is -0.600 e. The van der Waals surface area contributed by atoms with E-state index in [-0.39, 0.29) is 5.97 Å². The molecule has 0 aliphatic heterocycles. The van der Waals surface area contributed by atoms with E-state index in [0.717, 1.165) is 12.8 Å². The van der Waals surface area contributed by atoms with Crippen molar-refractivity contribution >= 4 is 5.97 Å². The van der Waals surface area contributed by atoms with Crippen LogP contribution < -0.4 is 0 Å². The number of esters is 1. The van der Waals surface area contributed by atoms with Gasteiger partial charge in [-0.05, 0) is 12.8 Å². The second kappa shape index (κ2) is 3.72. The molecule has 1 saturated carbocycles. The zero-order chi connectivity index (χ0) is 9.90. The summed E-state index contributed by atoms with van der Waals surface area (Å²) in [6.45, 7) is 1.33. The van der Waals surface area contributed by atoms with Gasteiger partial charge in [0, 0.05) is 24.9 Å². The Morgan fingerprint density at radius 3 is 2.46 bits per heavy atom. The van der Waals surface area contributed by atoms with Crippen molar-refractivity contribution in [3.63, 3.8) is 0 Å². The summed E-state index contributed by atoms with van der Waals surface area (Å²) in [5.74, 6) is -0.382. The van der Waals surface area contributed by atoms with Gasteiger partial charge in [0.1, 0.15) is 0 Å². The Bertz CT molecular complexity index is 228. The molecule has 0 heterocycles. The molecule has 0 amide bonds. The molecule has 13 heavy (non-hydrogen) atoms. The summed E-state index contributed by atoms with van der Waals surface area (Å²) in [5, 5.41) is 14.5. The highest BCUT2D eigenvalue weighted by molar-refractivity contribution is 5.66. The predicted molar refractivity (Wildman–Crippen MR) is 44.9 cm³/mol. The molecule has 5 heteroatoms. The number of nitrogens with zero attached hydrogens (tertiary/aromatic N) is 2. The van der Waals surface area contributed by atoms with E-state index in [0.29, 0.717) is 17.7 Å². The first-order valence-corrected chi connectivity index (χ1v) is 4.37. The molecule has 0 bridgehead atoms. The average Bonchev–Trinajstić information content (AvgIpc) is 2.33. The summed E-state index contributed by atoms with van der Waals surface area (Å²) in [7, 11) is 1.30. The monoisotopic (exact) mass is 186 g/mol. The maximum absolute atomic E-state index is 10.8. The summed E-state index contributed by atoms with van der Waals surface area (Å²) in [6.07, 6.45) is 3.20. The third-order valence-electron chi connectivity index (χ3n) is 2.04. The third-order valence-corrected chi connectivity index (χ3v) is 2.04. The van der Waals surface area contributed by atoms with Crippen LogP contribution in [-0.2, 0) is 9.53 Å². The Balaban J connectivity index is 2.75. The number of hydrogen-bond acceptors (Lipinski definition) is 4.